The summed E-state index contributed by atoms with van der Waals surface area (Å²) in [6.07, 6.45) is 1.49. The largest absolute Gasteiger partial charge is 0.494 e. The highest BCUT2D eigenvalue weighted by Gasteiger charge is 2.14. The number of carboxylic acid groups (broad SMARTS) is 1. The Hall–Kier alpha value is -2.47. The van der Waals surface area contributed by atoms with Gasteiger partial charge in [-0.3, -0.25) is 4.79 Å². The van der Waals surface area contributed by atoms with E-state index in [4.69, 9.17) is 25.9 Å². The van der Waals surface area contributed by atoms with E-state index in [0.717, 1.165) is 18.6 Å². The zero-order valence-corrected chi connectivity index (χ0v) is 13.0. The van der Waals surface area contributed by atoms with Crippen LogP contribution in [0.15, 0.2) is 40.8 Å². The quantitative estimate of drug-likeness (QED) is 0.722. The average Bonchev–Trinajstić information content (AvgIpc) is 3.02. The molecule has 0 aliphatic heterocycles. The van der Waals surface area contributed by atoms with Crippen molar-refractivity contribution >= 4 is 23.5 Å². The molecule has 0 spiro atoms. The molecule has 23 heavy (non-hydrogen) atoms. The molecule has 6 nitrogen and oxygen atoms in total. The van der Waals surface area contributed by atoms with Crippen molar-refractivity contribution in [1.82, 2.24) is 5.32 Å². The Balaban J connectivity index is 1.62. The molecule has 7 heteroatoms. The third-order valence-corrected chi connectivity index (χ3v) is 3.23. The van der Waals surface area contributed by atoms with Gasteiger partial charge in [0.25, 0.3) is 5.91 Å². The van der Waals surface area contributed by atoms with Crippen molar-refractivity contribution in [3.05, 3.63) is 52.9 Å². The van der Waals surface area contributed by atoms with E-state index in [1.54, 1.807) is 24.3 Å². The Morgan fingerprint density at radius 1 is 1.09 bits per heavy atom. The molecule has 0 aliphatic carbocycles. The predicted octanol–water partition coefficient (Wildman–Crippen LogP) is 3.22. The number of nitrogens with one attached hydrogen (secondary N) is 1. The molecular formula is C16H16ClNO5. The first kappa shape index (κ1) is 16.9. The fraction of sp³-hybridized carbons (Fsp3) is 0.250. The minimum absolute atomic E-state index is 0.0141. The van der Waals surface area contributed by atoms with Gasteiger partial charge in [0.05, 0.1) is 6.61 Å². The fourth-order valence-corrected chi connectivity index (χ4v) is 1.94. The monoisotopic (exact) mass is 337 g/mol. The highest BCUT2D eigenvalue weighted by molar-refractivity contribution is 6.30. The van der Waals surface area contributed by atoms with E-state index in [9.17, 15) is 9.59 Å². The summed E-state index contributed by atoms with van der Waals surface area (Å²) in [4.78, 5) is 22.4. The van der Waals surface area contributed by atoms with Gasteiger partial charge in [-0.2, -0.15) is 0 Å². The van der Waals surface area contributed by atoms with Crippen LogP contribution in [0.5, 0.6) is 5.75 Å². The van der Waals surface area contributed by atoms with E-state index in [-0.39, 0.29) is 11.5 Å². The number of furan rings is 1. The number of carboxylic acids is 1. The molecular weight excluding hydrogens is 322 g/mol. The van der Waals surface area contributed by atoms with Gasteiger partial charge in [0.15, 0.2) is 5.76 Å². The molecule has 122 valence electrons. The minimum atomic E-state index is -1.21. The number of unbranched alkanes of at least 4 members (excludes halogenated alkanes) is 1. The van der Waals surface area contributed by atoms with Crippen LogP contribution in [0.2, 0.25) is 5.02 Å². The fourth-order valence-electron chi connectivity index (χ4n) is 1.81. The van der Waals surface area contributed by atoms with Gasteiger partial charge in [-0.05, 0) is 49.2 Å². The number of hydrogen-bond acceptors (Lipinski definition) is 4. The van der Waals surface area contributed by atoms with Gasteiger partial charge in [-0.1, -0.05) is 11.6 Å². The number of aromatic carboxylic acids is 1. The topological polar surface area (TPSA) is 88.8 Å². The molecule has 0 saturated heterocycles. The van der Waals surface area contributed by atoms with Crippen LogP contribution in [0.3, 0.4) is 0 Å². The summed E-state index contributed by atoms with van der Waals surface area (Å²) >= 11 is 5.78. The molecule has 1 aromatic heterocycles. The molecule has 2 N–H and O–H groups in total. The maximum Gasteiger partial charge on any atom is 0.371 e. The SMILES string of the molecule is O=C(O)c1ccc(C(=O)NCCCCOc2ccc(Cl)cc2)o1. The van der Waals surface area contributed by atoms with Gasteiger partial charge in [-0.15, -0.1) is 0 Å². The molecule has 0 unspecified atom stereocenters. The van der Waals surface area contributed by atoms with Gasteiger partial charge < -0.3 is 19.6 Å². The van der Waals surface area contributed by atoms with Crippen LogP contribution in [-0.4, -0.2) is 30.1 Å². The Kier molecular flexibility index (Phi) is 6.05. The van der Waals surface area contributed by atoms with Crippen molar-refractivity contribution in [2.24, 2.45) is 0 Å². The van der Waals surface area contributed by atoms with Crippen molar-refractivity contribution in [3.8, 4) is 5.75 Å². The van der Waals surface area contributed by atoms with E-state index in [1.165, 1.54) is 12.1 Å². The van der Waals surface area contributed by atoms with Crippen molar-refractivity contribution in [2.45, 2.75) is 12.8 Å². The molecule has 0 atom stereocenters. The van der Waals surface area contributed by atoms with E-state index >= 15 is 0 Å². The second-order valence-electron chi connectivity index (χ2n) is 4.73. The summed E-state index contributed by atoms with van der Waals surface area (Å²) in [5, 5.41) is 12.0. The highest BCUT2D eigenvalue weighted by atomic mass is 35.5. The Labute approximate surface area is 138 Å². The molecule has 0 saturated carbocycles. The van der Waals surface area contributed by atoms with Crippen LogP contribution in [0.25, 0.3) is 0 Å². The molecule has 0 aliphatic rings. The molecule has 2 rings (SSSR count). The van der Waals surface area contributed by atoms with Crippen molar-refractivity contribution in [3.63, 3.8) is 0 Å². The van der Waals surface area contributed by atoms with E-state index in [0.29, 0.717) is 18.2 Å². The number of ether oxygens (including phenoxy) is 1. The van der Waals surface area contributed by atoms with Crippen LogP contribution in [0, 0.1) is 0 Å². The van der Waals surface area contributed by atoms with Gasteiger partial charge in [0.1, 0.15) is 5.75 Å². The number of halogens is 1. The van der Waals surface area contributed by atoms with Gasteiger partial charge in [-0.25, -0.2) is 4.79 Å². The molecule has 0 bridgehead atoms. The van der Waals surface area contributed by atoms with Gasteiger partial charge in [0.2, 0.25) is 5.76 Å². The van der Waals surface area contributed by atoms with Crippen LogP contribution < -0.4 is 10.1 Å². The Morgan fingerprint density at radius 2 is 1.78 bits per heavy atom. The maximum absolute atomic E-state index is 11.7. The molecule has 0 fully saturated rings. The summed E-state index contributed by atoms with van der Waals surface area (Å²) in [5.74, 6) is -1.17. The lowest BCUT2D eigenvalue weighted by atomic mass is 10.3. The van der Waals surface area contributed by atoms with E-state index in [1.807, 2.05) is 0 Å². The molecule has 1 heterocycles. The molecule has 1 amide bonds. The number of carbonyl (C=O) groups is 2. The van der Waals surface area contributed by atoms with Crippen LogP contribution in [0.1, 0.15) is 34.0 Å². The maximum atomic E-state index is 11.7. The molecule has 2 aromatic rings. The predicted molar refractivity (Wildman–Crippen MR) is 84.2 cm³/mol. The van der Waals surface area contributed by atoms with Crippen molar-refractivity contribution in [2.75, 3.05) is 13.2 Å². The number of hydrogen-bond donors (Lipinski definition) is 2. The normalized spacial score (nSPS) is 10.3. The lowest BCUT2D eigenvalue weighted by Gasteiger charge is -2.06. The standard InChI is InChI=1S/C16H16ClNO5/c17-11-3-5-12(6-4-11)22-10-2-1-9-18-15(19)13-7-8-14(23-13)16(20)21/h3-8H,1-2,9-10H2,(H,18,19)(H,20,21). The molecule has 1 aromatic carbocycles. The zero-order valence-electron chi connectivity index (χ0n) is 12.3. The Bertz CT molecular complexity index is 665. The van der Waals surface area contributed by atoms with E-state index in [2.05, 4.69) is 5.32 Å². The number of benzene rings is 1. The highest BCUT2D eigenvalue weighted by Crippen LogP contribution is 2.15. The van der Waals surface area contributed by atoms with Crippen molar-refractivity contribution in [1.29, 1.82) is 0 Å². The van der Waals surface area contributed by atoms with Gasteiger partial charge >= 0.3 is 5.97 Å². The van der Waals surface area contributed by atoms with Crippen LogP contribution in [-0.2, 0) is 0 Å². The van der Waals surface area contributed by atoms with Crippen molar-refractivity contribution < 1.29 is 23.8 Å². The number of amides is 1. The second-order valence-corrected chi connectivity index (χ2v) is 5.17. The lowest BCUT2D eigenvalue weighted by Crippen LogP contribution is -2.24. The summed E-state index contributed by atoms with van der Waals surface area (Å²) in [6, 6.07) is 9.68. The first-order chi connectivity index (χ1) is 11.1. The summed E-state index contributed by atoms with van der Waals surface area (Å²) in [7, 11) is 0. The number of carbonyl (C=O) groups excluding carboxylic acids is 1. The first-order valence-electron chi connectivity index (χ1n) is 7.06. The minimum Gasteiger partial charge on any atom is -0.494 e. The second kappa shape index (κ2) is 8.24. The zero-order chi connectivity index (χ0) is 16.7. The smallest absolute Gasteiger partial charge is 0.371 e. The van der Waals surface area contributed by atoms with Crippen LogP contribution in [0.4, 0.5) is 0 Å². The summed E-state index contributed by atoms with van der Waals surface area (Å²) in [6.45, 7) is 0.979. The third kappa shape index (κ3) is 5.34. The Morgan fingerprint density at radius 3 is 2.43 bits per heavy atom. The third-order valence-electron chi connectivity index (χ3n) is 2.98. The molecule has 0 radical (unpaired) electrons. The van der Waals surface area contributed by atoms with Gasteiger partial charge in [0, 0.05) is 11.6 Å². The van der Waals surface area contributed by atoms with E-state index < -0.39 is 11.9 Å². The average molecular weight is 338 g/mol. The first-order valence-corrected chi connectivity index (χ1v) is 7.44. The summed E-state index contributed by atoms with van der Waals surface area (Å²) < 4.78 is 10.4. The lowest BCUT2D eigenvalue weighted by molar-refractivity contribution is 0.0659. The van der Waals surface area contributed by atoms with Crippen LogP contribution >= 0.6 is 11.6 Å². The summed E-state index contributed by atoms with van der Waals surface area (Å²) in [5.41, 5.74) is 0. The number of rotatable bonds is 8.